The predicted molar refractivity (Wildman–Crippen MR) is 134 cm³/mol. The molecule has 0 bridgehead atoms. The van der Waals surface area contributed by atoms with Gasteiger partial charge in [0.2, 0.25) is 11.8 Å². The molecule has 204 valence electrons. The van der Waals surface area contributed by atoms with Gasteiger partial charge in [-0.15, -0.1) is 0 Å². The number of carbonyl (C=O) groups is 2. The van der Waals surface area contributed by atoms with Gasteiger partial charge in [-0.25, -0.2) is 0 Å². The Balaban J connectivity index is 1.09. The zero-order valence-electron chi connectivity index (χ0n) is 22.1. The number of nitrogens with zero attached hydrogens (tertiary/aromatic N) is 3. The third-order valence-corrected chi connectivity index (χ3v) is 9.59. The van der Waals surface area contributed by atoms with Crippen molar-refractivity contribution < 1.29 is 29.6 Å². The highest BCUT2D eigenvalue weighted by molar-refractivity contribution is 5.83. The van der Waals surface area contributed by atoms with Crippen LogP contribution in [0.2, 0.25) is 0 Å². The Morgan fingerprint density at radius 3 is 2.64 bits per heavy atom. The number of hydrogen-bond donors (Lipinski definition) is 4. The average Bonchev–Trinajstić information content (AvgIpc) is 3.53. The molecule has 5 aliphatic heterocycles. The number of aliphatic hydroxyl groups excluding tert-OH is 1. The predicted octanol–water partition coefficient (Wildman–Crippen LogP) is -3.02. The molecule has 0 radical (unpaired) electrons. The van der Waals surface area contributed by atoms with Gasteiger partial charge in [0.05, 0.1) is 39.0 Å². The lowest BCUT2D eigenvalue weighted by atomic mass is 10.0. The molecule has 0 aliphatic carbocycles. The van der Waals surface area contributed by atoms with Crippen LogP contribution in [0.15, 0.2) is 0 Å². The molecule has 5 rings (SSSR count). The molecule has 5 aliphatic rings. The summed E-state index contributed by atoms with van der Waals surface area (Å²) in [4.78, 5) is 34.5. The van der Waals surface area contributed by atoms with Crippen LogP contribution >= 0.6 is 0 Å². The first kappa shape index (κ1) is 26.3. The summed E-state index contributed by atoms with van der Waals surface area (Å²) >= 11 is 0. The Kier molecular flexibility index (Phi) is 8.80. The minimum atomic E-state index is -0.132. The molecule has 4 unspecified atom stereocenters. The van der Waals surface area contributed by atoms with Gasteiger partial charge in [-0.1, -0.05) is 0 Å². The summed E-state index contributed by atoms with van der Waals surface area (Å²) in [6.07, 6.45) is 8.78. The minimum absolute atomic E-state index is 0.0554. The third-order valence-electron chi connectivity index (χ3n) is 9.59. The molecule has 5 N–H and O–H groups in total. The lowest BCUT2D eigenvalue weighted by Crippen LogP contribution is -3.18. The van der Waals surface area contributed by atoms with Gasteiger partial charge in [0.25, 0.3) is 0 Å². The van der Waals surface area contributed by atoms with Crippen molar-refractivity contribution in [2.75, 3.05) is 66.0 Å². The van der Waals surface area contributed by atoms with Crippen molar-refractivity contribution in [2.24, 2.45) is 0 Å². The van der Waals surface area contributed by atoms with Crippen molar-refractivity contribution in [2.45, 2.75) is 87.9 Å². The van der Waals surface area contributed by atoms with E-state index in [1.807, 2.05) is 0 Å². The van der Waals surface area contributed by atoms with Crippen LogP contribution in [-0.2, 0) is 14.3 Å². The van der Waals surface area contributed by atoms with Crippen LogP contribution in [0, 0.1) is 0 Å². The smallest absolute Gasteiger partial charge is 0.243 e. The van der Waals surface area contributed by atoms with Crippen LogP contribution in [0.4, 0.5) is 0 Å². The van der Waals surface area contributed by atoms with Crippen molar-refractivity contribution in [1.82, 2.24) is 20.0 Å². The topological polar surface area (TPSA) is 106 Å². The standard InChI is InChI=1S/C26H46N6O4/c1-29-19(5-8-24(34)31-14-12-30(13-15-31)23-4-2-3-10-27-23)16-28-26(35)25-22(29)9-11-32(25)17-20-6-7-21(18-33)36-20/h19-23,25,27,33H,2-18H2,1H3,(H,28,35)/p+2/t19-,20?,21?,22-,23?,25-/m0/s1. The maximum Gasteiger partial charge on any atom is 0.243 e. The third kappa shape index (κ3) is 5.89. The molecule has 0 saturated carbocycles. The lowest BCUT2D eigenvalue weighted by Gasteiger charge is -2.39. The highest BCUT2D eigenvalue weighted by atomic mass is 16.5. The molecule has 0 spiro atoms. The van der Waals surface area contributed by atoms with E-state index in [0.29, 0.717) is 19.1 Å². The van der Waals surface area contributed by atoms with E-state index < -0.39 is 0 Å². The summed E-state index contributed by atoms with van der Waals surface area (Å²) in [6, 6.07) is 0.373. The second kappa shape index (κ2) is 12.0. The lowest BCUT2D eigenvalue weighted by molar-refractivity contribution is -0.928. The number of aliphatic hydroxyl groups is 1. The van der Waals surface area contributed by atoms with Crippen molar-refractivity contribution in [1.29, 1.82) is 0 Å². The fourth-order valence-electron chi connectivity index (χ4n) is 7.33. The Hall–Kier alpha value is -1.30. The molecule has 0 aromatic heterocycles. The number of nitrogens with one attached hydrogen (secondary N) is 2. The van der Waals surface area contributed by atoms with E-state index >= 15 is 0 Å². The molecule has 10 heteroatoms. The largest absolute Gasteiger partial charge is 0.394 e. The number of fused-ring (bicyclic) bond motifs is 1. The van der Waals surface area contributed by atoms with E-state index in [1.165, 1.54) is 30.7 Å². The fraction of sp³-hybridized carbons (Fsp3) is 0.923. The summed E-state index contributed by atoms with van der Waals surface area (Å²) in [5.41, 5.74) is 0. The molecule has 0 aromatic rings. The van der Waals surface area contributed by atoms with E-state index in [1.54, 1.807) is 0 Å². The Bertz CT molecular complexity index is 757. The minimum Gasteiger partial charge on any atom is -0.394 e. The average molecular weight is 509 g/mol. The molecular weight excluding hydrogens is 460 g/mol. The summed E-state index contributed by atoms with van der Waals surface area (Å²) < 4.78 is 5.95. The zero-order valence-corrected chi connectivity index (χ0v) is 22.1. The van der Waals surface area contributed by atoms with Gasteiger partial charge in [0.15, 0.2) is 0 Å². The van der Waals surface area contributed by atoms with Crippen molar-refractivity contribution in [3.63, 3.8) is 0 Å². The van der Waals surface area contributed by atoms with Gasteiger partial charge < -0.3 is 30.3 Å². The number of ether oxygens (including phenoxy) is 1. The van der Waals surface area contributed by atoms with Gasteiger partial charge in [-0.3, -0.25) is 19.4 Å². The normalized spacial score (nSPS) is 38.6. The monoisotopic (exact) mass is 508 g/mol. The number of likely N-dealkylation sites (tertiary alicyclic amines) is 1. The number of rotatable bonds is 7. The zero-order chi connectivity index (χ0) is 25.1. The highest BCUT2D eigenvalue weighted by Crippen LogP contribution is 2.25. The van der Waals surface area contributed by atoms with Crippen molar-refractivity contribution in [3.8, 4) is 0 Å². The Morgan fingerprint density at radius 1 is 1.11 bits per heavy atom. The number of amides is 2. The number of piperidine rings is 1. The molecule has 5 fully saturated rings. The van der Waals surface area contributed by atoms with Gasteiger partial charge in [0.1, 0.15) is 24.3 Å². The van der Waals surface area contributed by atoms with E-state index in [-0.39, 0.29) is 48.8 Å². The first-order chi connectivity index (χ1) is 17.5. The molecule has 5 heterocycles. The van der Waals surface area contributed by atoms with Crippen LogP contribution < -0.4 is 15.5 Å². The van der Waals surface area contributed by atoms with Gasteiger partial charge in [-0.2, -0.15) is 0 Å². The molecule has 10 nitrogen and oxygen atoms in total. The molecule has 36 heavy (non-hydrogen) atoms. The van der Waals surface area contributed by atoms with E-state index in [9.17, 15) is 14.7 Å². The molecular formula is C26H48N6O4+2. The van der Waals surface area contributed by atoms with E-state index in [0.717, 1.165) is 65.0 Å². The molecule has 7 atom stereocenters. The summed E-state index contributed by atoms with van der Waals surface area (Å²) in [7, 11) is 2.21. The molecule has 0 aromatic carbocycles. The number of hydrogen-bond acceptors (Lipinski definition) is 6. The summed E-state index contributed by atoms with van der Waals surface area (Å²) in [6.45, 7) is 7.25. The van der Waals surface area contributed by atoms with Gasteiger partial charge in [-0.05, 0) is 25.7 Å². The summed E-state index contributed by atoms with van der Waals surface area (Å²) in [5, 5.41) is 15.1. The number of nitrogens with two attached hydrogens (primary N) is 1. The van der Waals surface area contributed by atoms with E-state index in [4.69, 9.17) is 4.74 Å². The second-order valence-electron chi connectivity index (χ2n) is 11.7. The number of piperazine rings is 1. The van der Waals surface area contributed by atoms with Crippen LogP contribution in [0.3, 0.4) is 0 Å². The maximum atomic E-state index is 13.1. The van der Waals surface area contributed by atoms with Crippen molar-refractivity contribution >= 4 is 11.8 Å². The number of carbonyl (C=O) groups excluding carboxylic acids is 2. The first-order valence-electron chi connectivity index (χ1n) is 14.5. The van der Waals surface area contributed by atoms with Crippen LogP contribution in [0.5, 0.6) is 0 Å². The second-order valence-corrected chi connectivity index (χ2v) is 11.7. The molecule has 2 amide bonds. The quantitative estimate of drug-likeness (QED) is 0.292. The molecule has 5 saturated heterocycles. The van der Waals surface area contributed by atoms with Gasteiger partial charge >= 0.3 is 0 Å². The Morgan fingerprint density at radius 2 is 1.92 bits per heavy atom. The van der Waals surface area contributed by atoms with Crippen LogP contribution in [-0.4, -0.2) is 134 Å². The van der Waals surface area contributed by atoms with Crippen LogP contribution in [0.25, 0.3) is 0 Å². The number of likely N-dealkylation sites (N-methyl/N-ethyl adjacent to an activating group) is 1. The maximum absolute atomic E-state index is 13.1. The fourth-order valence-corrected chi connectivity index (χ4v) is 7.33. The van der Waals surface area contributed by atoms with Crippen LogP contribution in [0.1, 0.15) is 51.4 Å². The summed E-state index contributed by atoms with van der Waals surface area (Å²) in [5.74, 6) is 0.394. The Labute approximate surface area is 215 Å². The van der Waals surface area contributed by atoms with Gasteiger partial charge in [0, 0.05) is 65.0 Å². The van der Waals surface area contributed by atoms with E-state index in [2.05, 4.69) is 32.4 Å². The SMILES string of the molecule is C[NH+]1[C@@H](CCC(=O)N2CCN(C3CCCC[NH2+]3)CC2)CNC(=O)[C@@H]2[C@@H]1CCN2CC1CCC(CO)O1. The number of quaternary nitrogens is 2. The first-order valence-corrected chi connectivity index (χ1v) is 14.5. The van der Waals surface area contributed by atoms with Crippen molar-refractivity contribution in [3.05, 3.63) is 0 Å². The highest BCUT2D eigenvalue weighted by Gasteiger charge is 2.49.